The fourth-order valence-electron chi connectivity index (χ4n) is 0.728. The molecule has 1 rings (SSSR count). The minimum absolute atomic E-state index is 0.132. The minimum atomic E-state index is 0.132. The molecule has 0 aromatic carbocycles. The van der Waals surface area contributed by atoms with Crippen LogP contribution in [-0.4, -0.2) is 18.0 Å². The van der Waals surface area contributed by atoms with Crippen molar-refractivity contribution in [2.24, 2.45) is 5.41 Å². The van der Waals surface area contributed by atoms with E-state index in [0.717, 1.165) is 13.2 Å². The molecular weight excluding hydrogens is 132 g/mol. The molecule has 1 aliphatic rings. The van der Waals surface area contributed by atoms with Crippen molar-refractivity contribution in [2.75, 3.05) is 13.2 Å². The maximum atomic E-state index is 5.09. The van der Waals surface area contributed by atoms with Crippen LogP contribution in [0.25, 0.3) is 0 Å². The molecule has 9 heavy (non-hydrogen) atoms. The zero-order valence-corrected chi connectivity index (χ0v) is 7.16. The highest BCUT2D eigenvalue weighted by Gasteiger charge is 2.45. The Balaban J connectivity index is 2.59. The fourth-order valence-corrected chi connectivity index (χ4v) is 0.911. The highest BCUT2D eigenvalue weighted by atomic mass is 32.1. The first-order chi connectivity index (χ1) is 3.96. The maximum absolute atomic E-state index is 5.09. The van der Waals surface area contributed by atoms with Crippen LogP contribution in [0, 0.1) is 5.41 Å². The molecule has 0 radical (unpaired) electrons. The van der Waals surface area contributed by atoms with E-state index in [1.54, 1.807) is 0 Å². The normalized spacial score (nSPS) is 25.3. The van der Waals surface area contributed by atoms with Crippen molar-refractivity contribution in [1.82, 2.24) is 0 Å². The van der Waals surface area contributed by atoms with Crippen LogP contribution in [0.5, 0.6) is 0 Å². The highest BCUT2D eigenvalue weighted by molar-refractivity contribution is 7.82. The molecule has 0 atom stereocenters. The van der Waals surface area contributed by atoms with Crippen LogP contribution in [0.3, 0.4) is 0 Å². The van der Waals surface area contributed by atoms with Gasteiger partial charge in [-0.2, -0.15) is 12.6 Å². The molecule has 1 nitrogen and oxygen atoms in total. The van der Waals surface area contributed by atoms with Crippen molar-refractivity contribution in [3.63, 3.8) is 0 Å². The van der Waals surface area contributed by atoms with Crippen LogP contribution in [-0.2, 0) is 4.74 Å². The number of ether oxygens (including phenoxy) is 1. The molecule has 1 saturated heterocycles. The van der Waals surface area contributed by atoms with Crippen LogP contribution in [0.4, 0.5) is 0 Å². The summed E-state index contributed by atoms with van der Waals surface area (Å²) < 4.78 is 5.22. The summed E-state index contributed by atoms with van der Waals surface area (Å²) in [5, 5.41) is 0. The van der Waals surface area contributed by atoms with Gasteiger partial charge in [-0.05, 0) is 5.41 Å². The van der Waals surface area contributed by atoms with Crippen LogP contribution in [0.15, 0.2) is 0 Å². The van der Waals surface area contributed by atoms with Gasteiger partial charge in [0.15, 0.2) is 0 Å². The molecule has 1 heterocycles. The average molecular weight is 146 g/mol. The molecule has 0 saturated carbocycles. The Morgan fingerprint density at radius 3 is 1.78 bits per heavy atom. The molecule has 0 N–H and O–H groups in total. The monoisotopic (exact) mass is 146 g/mol. The van der Waals surface area contributed by atoms with E-state index in [1.165, 1.54) is 0 Å². The van der Waals surface area contributed by atoms with E-state index in [9.17, 15) is 0 Å². The number of thiol groups is 1. The van der Waals surface area contributed by atoms with Crippen molar-refractivity contribution in [3.05, 3.63) is 0 Å². The van der Waals surface area contributed by atoms with Crippen molar-refractivity contribution in [3.8, 4) is 0 Å². The Hall–Kier alpha value is 0.310. The molecule has 1 fully saturated rings. The van der Waals surface area contributed by atoms with Gasteiger partial charge in [0.25, 0.3) is 0 Å². The minimum Gasteiger partial charge on any atom is -0.378 e. The molecule has 2 heteroatoms. The first-order valence-corrected chi connectivity index (χ1v) is 3.71. The molecule has 0 bridgehead atoms. The summed E-state index contributed by atoms with van der Waals surface area (Å²) in [5.74, 6) is 0. The molecule has 0 aromatic heterocycles. The first-order valence-electron chi connectivity index (χ1n) is 3.26. The van der Waals surface area contributed by atoms with Crippen LogP contribution in [0.1, 0.15) is 20.8 Å². The Morgan fingerprint density at radius 2 is 1.78 bits per heavy atom. The van der Waals surface area contributed by atoms with E-state index in [-0.39, 0.29) is 10.2 Å². The number of hydrogen-bond donors (Lipinski definition) is 1. The molecular formula is C7H14OS. The third-order valence-corrected chi connectivity index (χ3v) is 3.01. The standard InChI is InChI=1S/C7H14OS/c1-6(2,3)7(9)4-8-5-7/h9H,4-5H2,1-3H3. The Morgan fingerprint density at radius 1 is 1.33 bits per heavy atom. The van der Waals surface area contributed by atoms with E-state index < -0.39 is 0 Å². The lowest BCUT2D eigenvalue weighted by atomic mass is 9.78. The van der Waals surface area contributed by atoms with E-state index in [0.29, 0.717) is 0 Å². The summed E-state index contributed by atoms with van der Waals surface area (Å²) in [7, 11) is 0. The molecule has 1 aliphatic heterocycles. The van der Waals surface area contributed by atoms with E-state index in [1.807, 2.05) is 0 Å². The Labute approximate surface area is 62.2 Å². The zero-order valence-electron chi connectivity index (χ0n) is 6.27. The number of rotatable bonds is 0. The van der Waals surface area contributed by atoms with Gasteiger partial charge in [0, 0.05) is 0 Å². The summed E-state index contributed by atoms with van der Waals surface area (Å²) in [6.45, 7) is 8.20. The fraction of sp³-hybridized carbons (Fsp3) is 1.00. The van der Waals surface area contributed by atoms with Crippen molar-refractivity contribution >= 4 is 12.6 Å². The van der Waals surface area contributed by atoms with Gasteiger partial charge in [-0.1, -0.05) is 20.8 Å². The Bertz CT molecular complexity index is 111. The SMILES string of the molecule is CC(C)(C)C1(S)COC1. The van der Waals surface area contributed by atoms with Crippen molar-refractivity contribution in [1.29, 1.82) is 0 Å². The van der Waals surface area contributed by atoms with Gasteiger partial charge in [-0.3, -0.25) is 0 Å². The topological polar surface area (TPSA) is 9.23 Å². The molecule has 0 aliphatic carbocycles. The van der Waals surface area contributed by atoms with Crippen LogP contribution < -0.4 is 0 Å². The lowest BCUT2D eigenvalue weighted by Crippen LogP contribution is -2.54. The largest absolute Gasteiger partial charge is 0.378 e. The second-order valence-corrected chi connectivity index (χ2v) is 4.63. The van der Waals surface area contributed by atoms with E-state index in [2.05, 4.69) is 33.4 Å². The number of hydrogen-bond acceptors (Lipinski definition) is 2. The summed E-state index contributed by atoms with van der Waals surface area (Å²) >= 11 is 4.53. The predicted octanol–water partition coefficient (Wildman–Crippen LogP) is 1.73. The summed E-state index contributed by atoms with van der Waals surface area (Å²) in [4.78, 5) is 0. The van der Waals surface area contributed by atoms with Gasteiger partial charge in [0.05, 0.1) is 18.0 Å². The second kappa shape index (κ2) is 1.89. The molecule has 0 unspecified atom stereocenters. The lowest BCUT2D eigenvalue weighted by Gasteiger charge is -2.47. The van der Waals surface area contributed by atoms with Gasteiger partial charge >= 0.3 is 0 Å². The van der Waals surface area contributed by atoms with E-state index in [4.69, 9.17) is 4.74 Å². The van der Waals surface area contributed by atoms with E-state index >= 15 is 0 Å². The molecule has 0 spiro atoms. The highest BCUT2D eigenvalue weighted by Crippen LogP contribution is 2.41. The summed E-state index contributed by atoms with van der Waals surface area (Å²) in [5.41, 5.74) is 0.272. The third-order valence-electron chi connectivity index (χ3n) is 2.08. The predicted molar refractivity (Wildman–Crippen MR) is 42.0 cm³/mol. The maximum Gasteiger partial charge on any atom is 0.0644 e. The molecule has 0 amide bonds. The Kier molecular flexibility index (Phi) is 1.56. The average Bonchev–Trinajstić information content (AvgIpc) is 1.57. The van der Waals surface area contributed by atoms with Crippen molar-refractivity contribution < 1.29 is 4.74 Å². The van der Waals surface area contributed by atoms with Gasteiger partial charge < -0.3 is 4.74 Å². The molecule has 0 aromatic rings. The second-order valence-electron chi connectivity index (χ2n) is 3.77. The van der Waals surface area contributed by atoms with Crippen molar-refractivity contribution in [2.45, 2.75) is 25.5 Å². The first kappa shape index (κ1) is 7.42. The molecule has 54 valence electrons. The smallest absolute Gasteiger partial charge is 0.0644 e. The summed E-state index contributed by atoms with van der Waals surface area (Å²) in [6.07, 6.45) is 0. The summed E-state index contributed by atoms with van der Waals surface area (Å²) in [6, 6.07) is 0. The quantitative estimate of drug-likeness (QED) is 0.512. The zero-order chi connectivity index (χ0) is 7.12. The van der Waals surface area contributed by atoms with Gasteiger partial charge in [0.2, 0.25) is 0 Å². The van der Waals surface area contributed by atoms with Gasteiger partial charge in [-0.15, -0.1) is 0 Å². The van der Waals surface area contributed by atoms with Gasteiger partial charge in [0.1, 0.15) is 0 Å². The lowest BCUT2D eigenvalue weighted by molar-refractivity contribution is -0.0544. The van der Waals surface area contributed by atoms with Crippen LogP contribution in [0.2, 0.25) is 0 Å². The van der Waals surface area contributed by atoms with Gasteiger partial charge in [-0.25, -0.2) is 0 Å². The third kappa shape index (κ3) is 1.10. The van der Waals surface area contributed by atoms with Crippen LogP contribution >= 0.6 is 12.6 Å².